The Hall–Kier alpha value is -3.13. The molecular weight excluding hydrogens is 398 g/mol. The first-order valence-corrected chi connectivity index (χ1v) is 10.7. The Balaban J connectivity index is 1.64. The minimum atomic E-state index is -0.176. The predicted octanol–water partition coefficient (Wildman–Crippen LogP) is 3.38. The van der Waals surface area contributed by atoms with Gasteiger partial charge in [-0.3, -0.25) is 9.59 Å². The zero-order valence-corrected chi connectivity index (χ0v) is 18.0. The highest BCUT2D eigenvalue weighted by molar-refractivity contribution is 8.00. The average molecular weight is 424 g/mol. The second-order valence-electron chi connectivity index (χ2n) is 7.13. The Morgan fingerprint density at radius 2 is 1.77 bits per heavy atom. The normalized spacial score (nSPS) is 11.9. The first-order chi connectivity index (χ1) is 14.4. The lowest BCUT2D eigenvalue weighted by molar-refractivity contribution is -0.119. The predicted molar refractivity (Wildman–Crippen MR) is 118 cm³/mol. The van der Waals surface area contributed by atoms with Gasteiger partial charge >= 0.3 is 0 Å². The van der Waals surface area contributed by atoms with Gasteiger partial charge in [-0.2, -0.15) is 5.10 Å². The van der Waals surface area contributed by atoms with Crippen molar-refractivity contribution >= 4 is 23.6 Å². The van der Waals surface area contributed by atoms with Gasteiger partial charge in [0, 0.05) is 10.9 Å². The molecule has 2 aromatic carbocycles. The number of carbonyl (C=O) groups is 2. The van der Waals surface area contributed by atoms with Gasteiger partial charge in [-0.25, -0.2) is 9.67 Å². The number of hydrogen-bond acceptors (Lipinski definition) is 5. The lowest BCUT2D eigenvalue weighted by Gasteiger charge is -2.16. The van der Waals surface area contributed by atoms with Crippen molar-refractivity contribution in [3.8, 4) is 5.69 Å². The molecule has 1 heterocycles. The molecule has 0 aliphatic carbocycles. The highest BCUT2D eigenvalue weighted by Gasteiger charge is 2.16. The monoisotopic (exact) mass is 423 g/mol. The summed E-state index contributed by atoms with van der Waals surface area (Å²) in [4.78, 5) is 29.5. The minimum absolute atomic E-state index is 0.0500. The molecule has 156 valence electrons. The van der Waals surface area contributed by atoms with Crippen molar-refractivity contribution in [3.63, 3.8) is 0 Å². The summed E-state index contributed by atoms with van der Waals surface area (Å²) >= 11 is 1.36. The Labute approximate surface area is 180 Å². The molecule has 0 saturated carbocycles. The van der Waals surface area contributed by atoms with Crippen LogP contribution in [0, 0.1) is 0 Å². The van der Waals surface area contributed by atoms with Crippen LogP contribution in [0.1, 0.15) is 42.7 Å². The maximum atomic E-state index is 12.9. The fraction of sp³-hybridized carbons (Fsp3) is 0.273. The van der Waals surface area contributed by atoms with E-state index < -0.39 is 0 Å². The van der Waals surface area contributed by atoms with Crippen molar-refractivity contribution < 1.29 is 9.59 Å². The first kappa shape index (κ1) is 21.6. The lowest BCUT2D eigenvalue weighted by Crippen LogP contribution is -2.31. The van der Waals surface area contributed by atoms with Gasteiger partial charge in [-0.1, -0.05) is 24.3 Å². The molecule has 7 nitrogen and oxygen atoms in total. The molecule has 3 aromatic rings. The van der Waals surface area contributed by atoms with E-state index in [1.165, 1.54) is 18.1 Å². The topological polar surface area (TPSA) is 88.9 Å². The maximum Gasteiger partial charge on any atom is 0.252 e. The van der Waals surface area contributed by atoms with Gasteiger partial charge in [0.2, 0.25) is 5.91 Å². The first-order valence-electron chi connectivity index (χ1n) is 9.71. The average Bonchev–Trinajstić information content (AvgIpc) is 3.27. The van der Waals surface area contributed by atoms with Crippen LogP contribution in [0.15, 0.2) is 66.1 Å². The van der Waals surface area contributed by atoms with Gasteiger partial charge in [0.1, 0.15) is 12.7 Å². The molecule has 0 aliphatic rings. The van der Waals surface area contributed by atoms with E-state index in [0.29, 0.717) is 5.56 Å². The second-order valence-corrected chi connectivity index (χ2v) is 8.15. The minimum Gasteiger partial charge on any atom is -0.353 e. The van der Waals surface area contributed by atoms with Crippen LogP contribution in [0.2, 0.25) is 0 Å². The van der Waals surface area contributed by atoms with Crippen LogP contribution < -0.4 is 10.6 Å². The fourth-order valence-corrected chi connectivity index (χ4v) is 3.76. The molecule has 0 spiro atoms. The molecule has 0 fully saturated rings. The number of hydrogen-bond donors (Lipinski definition) is 2. The number of rotatable bonds is 8. The molecule has 1 atom stereocenters. The van der Waals surface area contributed by atoms with Crippen LogP contribution >= 0.6 is 11.8 Å². The van der Waals surface area contributed by atoms with E-state index in [0.717, 1.165) is 16.1 Å². The van der Waals surface area contributed by atoms with Gasteiger partial charge in [0.25, 0.3) is 5.91 Å². The summed E-state index contributed by atoms with van der Waals surface area (Å²) in [6.45, 7) is 5.78. The third-order valence-electron chi connectivity index (χ3n) is 4.36. The standard InChI is InChI=1S/C22H25N5O2S/c1-15(2)25-21(28)12-30-20-7-5-4-6-19(20)22(29)26-16(3)17-8-10-18(11-9-17)27-14-23-13-24-27/h4-11,13-16H,12H2,1-3H3,(H,25,28)(H,26,29). The Kier molecular flexibility index (Phi) is 7.24. The summed E-state index contributed by atoms with van der Waals surface area (Å²) in [5.41, 5.74) is 2.44. The lowest BCUT2D eigenvalue weighted by atomic mass is 10.1. The van der Waals surface area contributed by atoms with Crippen molar-refractivity contribution in [2.24, 2.45) is 0 Å². The summed E-state index contributed by atoms with van der Waals surface area (Å²) in [5.74, 6) is 0.0446. The van der Waals surface area contributed by atoms with Crippen molar-refractivity contribution in [1.82, 2.24) is 25.4 Å². The third-order valence-corrected chi connectivity index (χ3v) is 5.44. The molecule has 3 rings (SSSR count). The maximum absolute atomic E-state index is 12.9. The third kappa shape index (κ3) is 5.70. The zero-order chi connectivity index (χ0) is 21.5. The quantitative estimate of drug-likeness (QED) is 0.542. The number of aromatic nitrogens is 3. The largest absolute Gasteiger partial charge is 0.353 e. The van der Waals surface area contributed by atoms with E-state index in [-0.39, 0.29) is 29.7 Å². The van der Waals surface area contributed by atoms with Gasteiger partial charge in [-0.15, -0.1) is 11.8 Å². The number of benzene rings is 2. The van der Waals surface area contributed by atoms with Crippen LogP contribution in [-0.2, 0) is 4.79 Å². The molecule has 1 aromatic heterocycles. The highest BCUT2D eigenvalue weighted by Crippen LogP contribution is 2.24. The molecule has 2 amide bonds. The molecule has 8 heteroatoms. The molecular formula is C22H25N5O2S. The van der Waals surface area contributed by atoms with E-state index in [1.54, 1.807) is 17.1 Å². The Morgan fingerprint density at radius 3 is 2.43 bits per heavy atom. The summed E-state index contributed by atoms with van der Waals surface area (Å²) in [7, 11) is 0. The summed E-state index contributed by atoms with van der Waals surface area (Å²) in [6, 6.07) is 15.0. The smallest absolute Gasteiger partial charge is 0.252 e. The van der Waals surface area contributed by atoms with E-state index in [9.17, 15) is 9.59 Å². The molecule has 0 aliphatic heterocycles. The van der Waals surface area contributed by atoms with E-state index in [2.05, 4.69) is 20.7 Å². The molecule has 0 saturated heterocycles. The zero-order valence-electron chi connectivity index (χ0n) is 17.2. The molecule has 30 heavy (non-hydrogen) atoms. The van der Waals surface area contributed by atoms with Crippen molar-refractivity contribution in [3.05, 3.63) is 72.3 Å². The number of nitrogens with zero attached hydrogens (tertiary/aromatic N) is 3. The molecule has 0 bridgehead atoms. The summed E-state index contributed by atoms with van der Waals surface area (Å²) < 4.78 is 1.68. The summed E-state index contributed by atoms with van der Waals surface area (Å²) in [6.07, 6.45) is 3.12. The summed E-state index contributed by atoms with van der Waals surface area (Å²) in [5, 5.41) is 10.0. The van der Waals surface area contributed by atoms with Crippen molar-refractivity contribution in [2.75, 3.05) is 5.75 Å². The SMILES string of the molecule is CC(C)NC(=O)CSc1ccccc1C(=O)NC(C)c1ccc(-n2cncn2)cc1. The van der Waals surface area contributed by atoms with Crippen LogP contribution in [0.4, 0.5) is 0 Å². The highest BCUT2D eigenvalue weighted by atomic mass is 32.2. The number of thioether (sulfide) groups is 1. The molecule has 2 N–H and O–H groups in total. The van der Waals surface area contributed by atoms with Gasteiger partial charge in [-0.05, 0) is 50.6 Å². The van der Waals surface area contributed by atoms with Crippen molar-refractivity contribution in [1.29, 1.82) is 0 Å². The Morgan fingerprint density at radius 1 is 1.03 bits per heavy atom. The number of carbonyl (C=O) groups excluding carboxylic acids is 2. The van der Waals surface area contributed by atoms with Crippen LogP contribution in [-0.4, -0.2) is 38.4 Å². The van der Waals surface area contributed by atoms with E-state index >= 15 is 0 Å². The fourth-order valence-electron chi connectivity index (χ4n) is 2.90. The van der Waals surface area contributed by atoms with Crippen LogP contribution in [0.25, 0.3) is 5.69 Å². The van der Waals surface area contributed by atoms with Crippen molar-refractivity contribution in [2.45, 2.75) is 37.8 Å². The van der Waals surface area contributed by atoms with Gasteiger partial charge in [0.05, 0.1) is 23.0 Å². The molecule has 0 radical (unpaired) electrons. The Bertz CT molecular complexity index is 987. The second kappa shape index (κ2) is 10.1. The van der Waals surface area contributed by atoms with Gasteiger partial charge < -0.3 is 10.6 Å². The van der Waals surface area contributed by atoms with E-state index in [1.807, 2.05) is 63.2 Å². The number of amides is 2. The number of nitrogens with one attached hydrogen (secondary N) is 2. The van der Waals surface area contributed by atoms with Gasteiger partial charge in [0.15, 0.2) is 0 Å². The molecule has 1 unspecified atom stereocenters. The van der Waals surface area contributed by atoms with Crippen LogP contribution in [0.5, 0.6) is 0 Å². The van der Waals surface area contributed by atoms with Crippen LogP contribution in [0.3, 0.4) is 0 Å². The van der Waals surface area contributed by atoms with E-state index in [4.69, 9.17) is 0 Å².